The van der Waals surface area contributed by atoms with Gasteiger partial charge in [-0.25, -0.2) is 0 Å². The minimum absolute atomic E-state index is 0.794. The molecule has 2 heterocycles. The minimum atomic E-state index is 0.794. The van der Waals surface area contributed by atoms with E-state index in [0.29, 0.717) is 0 Å². The van der Waals surface area contributed by atoms with E-state index in [-0.39, 0.29) is 0 Å². The van der Waals surface area contributed by atoms with Gasteiger partial charge in [-0.05, 0) is 6.42 Å². The van der Waals surface area contributed by atoms with E-state index >= 15 is 0 Å². The first kappa shape index (κ1) is 6.27. The van der Waals surface area contributed by atoms with Gasteiger partial charge in [0, 0.05) is 6.20 Å². The van der Waals surface area contributed by atoms with E-state index in [9.17, 15) is 0 Å². The SMILES string of the molecule is CCc1cn2cnnc2cn1. The summed E-state index contributed by atoms with van der Waals surface area (Å²) in [6.07, 6.45) is 6.28. The lowest BCUT2D eigenvalue weighted by Gasteiger charge is -1.94. The fraction of sp³-hybridized carbons (Fsp3) is 0.286. The normalized spacial score (nSPS) is 10.6. The first-order chi connectivity index (χ1) is 5.40. The standard InChI is InChI=1S/C7H8N4/c1-2-6-4-11-5-9-10-7(11)3-8-6/h3-5H,2H2,1H3. The molecule has 0 radical (unpaired) electrons. The first-order valence-corrected chi connectivity index (χ1v) is 3.54. The number of hydrogen-bond acceptors (Lipinski definition) is 3. The maximum Gasteiger partial charge on any atom is 0.179 e. The molecule has 11 heavy (non-hydrogen) atoms. The summed E-state index contributed by atoms with van der Waals surface area (Å²) in [5.41, 5.74) is 1.85. The summed E-state index contributed by atoms with van der Waals surface area (Å²) in [4.78, 5) is 4.17. The van der Waals surface area contributed by atoms with Crippen molar-refractivity contribution in [3.05, 3.63) is 24.4 Å². The predicted molar refractivity (Wildman–Crippen MR) is 40.2 cm³/mol. The van der Waals surface area contributed by atoms with E-state index in [2.05, 4.69) is 22.1 Å². The van der Waals surface area contributed by atoms with Gasteiger partial charge in [-0.3, -0.25) is 9.38 Å². The summed E-state index contributed by atoms with van der Waals surface area (Å²) in [5, 5.41) is 7.59. The van der Waals surface area contributed by atoms with Gasteiger partial charge in [0.1, 0.15) is 6.33 Å². The average molecular weight is 148 g/mol. The van der Waals surface area contributed by atoms with Crippen LogP contribution in [0.4, 0.5) is 0 Å². The molecule has 4 nitrogen and oxygen atoms in total. The molecule has 0 fully saturated rings. The third-order valence-corrected chi connectivity index (χ3v) is 1.60. The summed E-state index contributed by atoms with van der Waals surface area (Å²) >= 11 is 0. The van der Waals surface area contributed by atoms with Crippen molar-refractivity contribution in [2.24, 2.45) is 0 Å². The molecule has 56 valence electrons. The third-order valence-electron chi connectivity index (χ3n) is 1.60. The van der Waals surface area contributed by atoms with E-state index in [1.54, 1.807) is 12.5 Å². The summed E-state index contributed by atoms with van der Waals surface area (Å²) < 4.78 is 1.87. The number of fused-ring (bicyclic) bond motifs is 1. The molecule has 2 aromatic rings. The topological polar surface area (TPSA) is 43.1 Å². The van der Waals surface area contributed by atoms with Crippen molar-refractivity contribution in [3.8, 4) is 0 Å². The molecular formula is C7H8N4. The van der Waals surface area contributed by atoms with Crippen LogP contribution in [-0.2, 0) is 6.42 Å². The molecule has 0 saturated heterocycles. The second kappa shape index (κ2) is 2.30. The Morgan fingerprint density at radius 3 is 3.27 bits per heavy atom. The highest BCUT2D eigenvalue weighted by molar-refractivity contribution is 5.32. The van der Waals surface area contributed by atoms with Gasteiger partial charge in [-0.15, -0.1) is 10.2 Å². The quantitative estimate of drug-likeness (QED) is 0.597. The zero-order valence-electron chi connectivity index (χ0n) is 6.23. The molecule has 2 rings (SSSR count). The van der Waals surface area contributed by atoms with Gasteiger partial charge in [-0.1, -0.05) is 6.92 Å². The third kappa shape index (κ3) is 0.960. The Labute approximate surface area is 63.9 Å². The predicted octanol–water partition coefficient (Wildman–Crippen LogP) is 0.687. The Balaban J connectivity index is 2.67. The summed E-state index contributed by atoms with van der Waals surface area (Å²) in [6.45, 7) is 2.07. The Bertz CT molecular complexity index is 365. The fourth-order valence-electron chi connectivity index (χ4n) is 0.960. The van der Waals surface area contributed by atoms with Gasteiger partial charge in [-0.2, -0.15) is 0 Å². The van der Waals surface area contributed by atoms with E-state index in [4.69, 9.17) is 0 Å². The Morgan fingerprint density at radius 1 is 1.55 bits per heavy atom. The van der Waals surface area contributed by atoms with Crippen LogP contribution in [0, 0.1) is 0 Å². The van der Waals surface area contributed by atoms with E-state index in [0.717, 1.165) is 17.8 Å². The van der Waals surface area contributed by atoms with Crippen molar-refractivity contribution in [1.82, 2.24) is 19.6 Å². The molecule has 0 aliphatic heterocycles. The van der Waals surface area contributed by atoms with Crippen molar-refractivity contribution in [2.75, 3.05) is 0 Å². The lowest BCUT2D eigenvalue weighted by Crippen LogP contribution is -1.91. The highest BCUT2D eigenvalue weighted by atomic mass is 15.2. The van der Waals surface area contributed by atoms with Crippen LogP contribution in [-0.4, -0.2) is 19.6 Å². The largest absolute Gasteiger partial charge is 0.286 e. The number of nitrogens with zero attached hydrogens (tertiary/aromatic N) is 4. The molecule has 2 aromatic heterocycles. The van der Waals surface area contributed by atoms with Gasteiger partial charge >= 0.3 is 0 Å². The minimum Gasteiger partial charge on any atom is -0.286 e. The summed E-state index contributed by atoms with van der Waals surface area (Å²) in [6, 6.07) is 0. The van der Waals surface area contributed by atoms with Crippen LogP contribution in [0.2, 0.25) is 0 Å². The van der Waals surface area contributed by atoms with Crippen LogP contribution in [0.5, 0.6) is 0 Å². The lowest BCUT2D eigenvalue weighted by atomic mass is 10.3. The van der Waals surface area contributed by atoms with Gasteiger partial charge in [0.15, 0.2) is 5.65 Å². The molecule has 0 bridgehead atoms. The molecule has 0 saturated carbocycles. The molecule has 0 aromatic carbocycles. The average Bonchev–Trinajstić information content (AvgIpc) is 2.50. The molecule has 0 N–H and O–H groups in total. The maximum absolute atomic E-state index is 4.17. The van der Waals surface area contributed by atoms with Crippen molar-refractivity contribution in [3.63, 3.8) is 0 Å². The van der Waals surface area contributed by atoms with Crippen LogP contribution in [0.15, 0.2) is 18.7 Å². The lowest BCUT2D eigenvalue weighted by molar-refractivity contribution is 0.980. The summed E-state index contributed by atoms with van der Waals surface area (Å²) in [7, 11) is 0. The molecule has 4 heteroatoms. The van der Waals surface area contributed by atoms with Crippen LogP contribution in [0.25, 0.3) is 5.65 Å². The van der Waals surface area contributed by atoms with Crippen molar-refractivity contribution < 1.29 is 0 Å². The van der Waals surface area contributed by atoms with Gasteiger partial charge in [0.05, 0.1) is 11.9 Å². The fourth-order valence-corrected chi connectivity index (χ4v) is 0.960. The van der Waals surface area contributed by atoms with Gasteiger partial charge < -0.3 is 0 Å². The number of hydrogen-bond donors (Lipinski definition) is 0. The molecule has 0 amide bonds. The second-order valence-electron chi connectivity index (χ2n) is 2.33. The van der Waals surface area contributed by atoms with Crippen LogP contribution in [0.3, 0.4) is 0 Å². The highest BCUT2D eigenvalue weighted by Gasteiger charge is 1.95. The smallest absolute Gasteiger partial charge is 0.179 e. The second-order valence-corrected chi connectivity index (χ2v) is 2.33. The molecular weight excluding hydrogens is 140 g/mol. The molecule has 0 unspecified atom stereocenters. The maximum atomic E-state index is 4.17. The number of aryl methyl sites for hydroxylation is 1. The first-order valence-electron chi connectivity index (χ1n) is 3.54. The number of aromatic nitrogens is 4. The molecule has 0 aliphatic carbocycles. The Kier molecular flexibility index (Phi) is 1.31. The van der Waals surface area contributed by atoms with E-state index in [1.807, 2.05) is 10.6 Å². The van der Waals surface area contributed by atoms with Crippen molar-refractivity contribution in [2.45, 2.75) is 13.3 Å². The van der Waals surface area contributed by atoms with Crippen LogP contribution < -0.4 is 0 Å². The Hall–Kier alpha value is -1.45. The van der Waals surface area contributed by atoms with E-state index < -0.39 is 0 Å². The van der Waals surface area contributed by atoms with Crippen molar-refractivity contribution >= 4 is 5.65 Å². The zero-order chi connectivity index (χ0) is 7.68. The zero-order valence-corrected chi connectivity index (χ0v) is 6.23. The monoisotopic (exact) mass is 148 g/mol. The molecule has 0 aliphatic rings. The Morgan fingerprint density at radius 2 is 2.45 bits per heavy atom. The van der Waals surface area contributed by atoms with Gasteiger partial charge in [0.2, 0.25) is 0 Å². The van der Waals surface area contributed by atoms with Crippen LogP contribution in [0.1, 0.15) is 12.6 Å². The summed E-state index contributed by atoms with van der Waals surface area (Å²) in [5.74, 6) is 0. The van der Waals surface area contributed by atoms with Gasteiger partial charge in [0.25, 0.3) is 0 Å². The number of rotatable bonds is 1. The van der Waals surface area contributed by atoms with E-state index in [1.165, 1.54) is 0 Å². The van der Waals surface area contributed by atoms with Crippen molar-refractivity contribution in [1.29, 1.82) is 0 Å². The molecule has 0 atom stereocenters. The highest BCUT2D eigenvalue weighted by Crippen LogP contribution is 1.98. The molecule has 0 spiro atoms. The van der Waals surface area contributed by atoms with Crippen LogP contribution >= 0.6 is 0 Å².